The van der Waals surface area contributed by atoms with Crippen LogP contribution in [0, 0.1) is 5.92 Å². The molecule has 0 fully saturated rings. The van der Waals surface area contributed by atoms with Gasteiger partial charge in [0.25, 0.3) is 0 Å². The Hall–Kier alpha value is -1.42. The van der Waals surface area contributed by atoms with E-state index in [4.69, 9.17) is 5.73 Å². The second-order valence-corrected chi connectivity index (χ2v) is 4.14. The topological polar surface area (TPSA) is 56.2 Å². The molecule has 0 aliphatic carbocycles. The van der Waals surface area contributed by atoms with Crippen LogP contribution in [0.2, 0.25) is 0 Å². The smallest absolute Gasteiger partial charge is 0.136 e. The van der Waals surface area contributed by atoms with Crippen LogP contribution in [0.3, 0.4) is 0 Å². The fraction of sp³-hybridized carbons (Fsp3) is 0.455. The molecular formula is C11H16N4. The lowest BCUT2D eigenvalue weighted by Crippen LogP contribution is -2.17. The molecule has 0 saturated carbocycles. The molecule has 1 atom stereocenters. The number of aromatic nitrogens is 3. The number of nitrogens with zero attached hydrogens (tertiary/aromatic N) is 3. The van der Waals surface area contributed by atoms with Crippen molar-refractivity contribution in [1.82, 2.24) is 14.6 Å². The first-order valence-corrected chi connectivity index (χ1v) is 5.20. The highest BCUT2D eigenvalue weighted by atomic mass is 15.2. The third-order valence-corrected chi connectivity index (χ3v) is 2.79. The monoisotopic (exact) mass is 204 g/mol. The number of hydrogen-bond donors (Lipinski definition) is 1. The summed E-state index contributed by atoms with van der Waals surface area (Å²) < 4.78 is 1.84. The molecule has 1 unspecified atom stereocenters. The third kappa shape index (κ3) is 1.85. The lowest BCUT2D eigenvalue weighted by atomic mass is 9.90. The van der Waals surface area contributed by atoms with Crippen LogP contribution in [0.1, 0.15) is 25.3 Å². The van der Waals surface area contributed by atoms with Crippen molar-refractivity contribution in [2.75, 3.05) is 6.54 Å². The first-order chi connectivity index (χ1) is 7.22. The van der Waals surface area contributed by atoms with Crippen molar-refractivity contribution in [3.63, 3.8) is 0 Å². The van der Waals surface area contributed by atoms with Crippen LogP contribution in [-0.4, -0.2) is 21.1 Å². The minimum absolute atomic E-state index is 0.395. The van der Waals surface area contributed by atoms with Crippen molar-refractivity contribution >= 4 is 5.52 Å². The van der Waals surface area contributed by atoms with E-state index < -0.39 is 0 Å². The quantitative estimate of drug-likeness (QED) is 0.822. The molecule has 2 aromatic heterocycles. The second kappa shape index (κ2) is 3.98. The van der Waals surface area contributed by atoms with Gasteiger partial charge in [0, 0.05) is 12.1 Å². The zero-order valence-electron chi connectivity index (χ0n) is 9.09. The Kier molecular flexibility index (Phi) is 2.68. The molecule has 4 nitrogen and oxygen atoms in total. The summed E-state index contributed by atoms with van der Waals surface area (Å²) in [7, 11) is 0. The van der Waals surface area contributed by atoms with Crippen molar-refractivity contribution in [2.45, 2.75) is 19.8 Å². The molecule has 0 aliphatic rings. The maximum absolute atomic E-state index is 5.78. The van der Waals surface area contributed by atoms with E-state index in [-0.39, 0.29) is 0 Å². The zero-order chi connectivity index (χ0) is 10.8. The van der Waals surface area contributed by atoms with Crippen molar-refractivity contribution in [2.24, 2.45) is 11.7 Å². The standard InChI is InChI=1S/C11H16N4/c1-8(2)11(4-12)9-3-10-5-13-7-14-15(10)6-9/h3,5-8,11H,4,12H2,1-2H3. The van der Waals surface area contributed by atoms with Crippen LogP contribution in [0.15, 0.2) is 24.8 Å². The Morgan fingerprint density at radius 2 is 2.27 bits per heavy atom. The molecule has 0 aliphatic heterocycles. The maximum Gasteiger partial charge on any atom is 0.136 e. The van der Waals surface area contributed by atoms with Crippen LogP contribution < -0.4 is 5.73 Å². The highest BCUT2D eigenvalue weighted by molar-refractivity contribution is 5.48. The molecule has 4 heteroatoms. The molecular weight excluding hydrogens is 188 g/mol. The van der Waals surface area contributed by atoms with E-state index in [1.54, 1.807) is 6.33 Å². The Morgan fingerprint density at radius 3 is 2.87 bits per heavy atom. The summed E-state index contributed by atoms with van der Waals surface area (Å²) >= 11 is 0. The predicted octanol–water partition coefficient (Wildman–Crippen LogP) is 1.43. The van der Waals surface area contributed by atoms with E-state index in [0.717, 1.165) is 5.52 Å². The van der Waals surface area contributed by atoms with Gasteiger partial charge in [-0.25, -0.2) is 9.50 Å². The summed E-state index contributed by atoms with van der Waals surface area (Å²) in [6.07, 6.45) is 5.39. The lowest BCUT2D eigenvalue weighted by Gasteiger charge is -2.16. The molecule has 2 N–H and O–H groups in total. The highest BCUT2D eigenvalue weighted by Crippen LogP contribution is 2.24. The Labute approximate surface area is 89.1 Å². The van der Waals surface area contributed by atoms with Crippen LogP contribution in [0.25, 0.3) is 5.52 Å². The van der Waals surface area contributed by atoms with Gasteiger partial charge in [-0.1, -0.05) is 13.8 Å². The van der Waals surface area contributed by atoms with Crippen LogP contribution >= 0.6 is 0 Å². The number of fused-ring (bicyclic) bond motifs is 1. The molecule has 0 saturated heterocycles. The molecule has 2 aromatic rings. The summed E-state index contributed by atoms with van der Waals surface area (Å²) in [4.78, 5) is 3.99. The zero-order valence-corrected chi connectivity index (χ0v) is 9.09. The fourth-order valence-corrected chi connectivity index (χ4v) is 1.88. The van der Waals surface area contributed by atoms with E-state index in [9.17, 15) is 0 Å². The number of hydrogen-bond acceptors (Lipinski definition) is 3. The van der Waals surface area contributed by atoms with Gasteiger partial charge in [-0.2, -0.15) is 5.10 Å². The summed E-state index contributed by atoms with van der Waals surface area (Å²) in [6, 6.07) is 2.11. The van der Waals surface area contributed by atoms with Crippen LogP contribution in [0.4, 0.5) is 0 Å². The van der Waals surface area contributed by atoms with Gasteiger partial charge in [0.15, 0.2) is 0 Å². The first-order valence-electron chi connectivity index (χ1n) is 5.20. The average Bonchev–Trinajstić information content (AvgIpc) is 2.61. The first kappa shape index (κ1) is 10.1. The van der Waals surface area contributed by atoms with Gasteiger partial charge in [-0.15, -0.1) is 0 Å². The molecule has 2 rings (SSSR count). The maximum atomic E-state index is 5.78. The SMILES string of the molecule is CC(C)C(CN)c1cc2cncnn2c1. The summed E-state index contributed by atoms with van der Waals surface area (Å²) in [5.74, 6) is 0.937. The largest absolute Gasteiger partial charge is 0.330 e. The molecule has 0 bridgehead atoms. The predicted molar refractivity (Wildman–Crippen MR) is 59.6 cm³/mol. The summed E-state index contributed by atoms with van der Waals surface area (Å²) in [6.45, 7) is 5.04. The summed E-state index contributed by atoms with van der Waals surface area (Å²) in [5, 5.41) is 4.14. The van der Waals surface area contributed by atoms with Gasteiger partial charge in [0.2, 0.25) is 0 Å². The Bertz CT molecular complexity index is 414. The van der Waals surface area contributed by atoms with Gasteiger partial charge in [0.05, 0.1) is 11.7 Å². The molecule has 15 heavy (non-hydrogen) atoms. The van der Waals surface area contributed by atoms with Crippen LogP contribution in [0.5, 0.6) is 0 Å². The van der Waals surface area contributed by atoms with E-state index in [2.05, 4.69) is 30.0 Å². The van der Waals surface area contributed by atoms with Crippen molar-refractivity contribution in [3.8, 4) is 0 Å². The Balaban J connectivity index is 2.43. The van der Waals surface area contributed by atoms with E-state index in [1.165, 1.54) is 5.56 Å². The average molecular weight is 204 g/mol. The van der Waals surface area contributed by atoms with Gasteiger partial charge in [-0.3, -0.25) is 0 Å². The van der Waals surface area contributed by atoms with Gasteiger partial charge < -0.3 is 5.73 Å². The third-order valence-electron chi connectivity index (χ3n) is 2.79. The minimum Gasteiger partial charge on any atom is -0.330 e. The lowest BCUT2D eigenvalue weighted by molar-refractivity contribution is 0.506. The van der Waals surface area contributed by atoms with Crippen LogP contribution in [-0.2, 0) is 0 Å². The molecule has 2 heterocycles. The molecule has 0 radical (unpaired) electrons. The number of nitrogens with two attached hydrogens (primary N) is 1. The van der Waals surface area contributed by atoms with Crippen molar-refractivity contribution in [3.05, 3.63) is 30.4 Å². The normalized spacial score (nSPS) is 13.6. The highest BCUT2D eigenvalue weighted by Gasteiger charge is 2.15. The minimum atomic E-state index is 0.395. The van der Waals surface area contributed by atoms with Gasteiger partial charge in [0.1, 0.15) is 6.33 Å². The second-order valence-electron chi connectivity index (χ2n) is 4.14. The molecule has 0 spiro atoms. The van der Waals surface area contributed by atoms with Gasteiger partial charge >= 0.3 is 0 Å². The molecule has 0 aromatic carbocycles. The fourth-order valence-electron chi connectivity index (χ4n) is 1.88. The van der Waals surface area contributed by atoms with Gasteiger partial charge in [-0.05, 0) is 24.1 Å². The Morgan fingerprint density at radius 1 is 1.47 bits per heavy atom. The van der Waals surface area contributed by atoms with E-state index in [0.29, 0.717) is 18.4 Å². The van der Waals surface area contributed by atoms with Crippen molar-refractivity contribution < 1.29 is 0 Å². The van der Waals surface area contributed by atoms with Crippen molar-refractivity contribution in [1.29, 1.82) is 0 Å². The molecule has 80 valence electrons. The van der Waals surface area contributed by atoms with E-state index >= 15 is 0 Å². The molecule has 0 amide bonds. The number of rotatable bonds is 3. The van der Waals surface area contributed by atoms with E-state index in [1.807, 2.05) is 16.9 Å². The summed E-state index contributed by atoms with van der Waals surface area (Å²) in [5.41, 5.74) is 8.05.